The van der Waals surface area contributed by atoms with Crippen LogP contribution in [0.2, 0.25) is 0 Å². The zero-order valence-corrected chi connectivity index (χ0v) is 33.6. The number of nitrogens with zero attached hydrogens (tertiary/aromatic N) is 3. The van der Waals surface area contributed by atoms with E-state index in [1.165, 1.54) is 4.90 Å². The minimum absolute atomic E-state index is 0.0447. The monoisotopic (exact) mass is 805 g/mol. The fourth-order valence-corrected chi connectivity index (χ4v) is 10.8. The summed E-state index contributed by atoms with van der Waals surface area (Å²) < 4.78 is 46.3. The van der Waals surface area contributed by atoms with Gasteiger partial charge < -0.3 is 24.4 Å². The number of carbonyl (C=O) groups excluding carboxylic acids is 4. The Kier molecular flexibility index (Phi) is 11.5. The van der Waals surface area contributed by atoms with E-state index < -0.39 is 56.8 Å². The molecular formula is C42H55N5O9S. The second kappa shape index (κ2) is 16.5. The predicted octanol–water partition coefficient (Wildman–Crippen LogP) is 5.46. The van der Waals surface area contributed by atoms with Crippen LogP contribution < -0.4 is 19.5 Å². The molecule has 1 unspecified atom stereocenters. The second-order valence-electron chi connectivity index (χ2n) is 17.1. The number of fused-ring (bicyclic) bond motifs is 6. The lowest BCUT2D eigenvalue weighted by Crippen LogP contribution is -2.52. The van der Waals surface area contributed by atoms with Gasteiger partial charge in [-0.3, -0.25) is 19.1 Å². The van der Waals surface area contributed by atoms with Crippen LogP contribution in [0.4, 0.5) is 4.79 Å². The van der Waals surface area contributed by atoms with Crippen molar-refractivity contribution in [2.24, 2.45) is 17.3 Å². The van der Waals surface area contributed by atoms with Crippen LogP contribution in [-0.4, -0.2) is 90.2 Å². The first-order valence-corrected chi connectivity index (χ1v) is 22.6. The molecule has 57 heavy (non-hydrogen) atoms. The predicted molar refractivity (Wildman–Crippen MR) is 210 cm³/mol. The molecule has 3 amide bonds. The highest BCUT2D eigenvalue weighted by atomic mass is 32.2. The minimum Gasteiger partial charge on any atom is -0.497 e. The molecule has 8 rings (SSSR count). The van der Waals surface area contributed by atoms with E-state index in [4.69, 9.17) is 24.2 Å². The highest BCUT2D eigenvalue weighted by molar-refractivity contribution is 7.90. The van der Waals surface area contributed by atoms with E-state index in [9.17, 15) is 27.6 Å². The molecule has 0 spiro atoms. The lowest BCUT2D eigenvalue weighted by atomic mass is 9.91. The van der Waals surface area contributed by atoms with Gasteiger partial charge in [0, 0.05) is 18.9 Å². The molecule has 4 fully saturated rings. The smallest absolute Gasteiger partial charge is 0.408 e. The quantitative estimate of drug-likeness (QED) is 0.375. The van der Waals surface area contributed by atoms with E-state index in [1.54, 1.807) is 13.2 Å². The maximum absolute atomic E-state index is 14.7. The number of alkyl carbamates (subject to hydrolysis) is 1. The van der Waals surface area contributed by atoms with Crippen molar-refractivity contribution in [1.82, 2.24) is 24.9 Å². The third-order valence-electron chi connectivity index (χ3n) is 13.0. The summed E-state index contributed by atoms with van der Waals surface area (Å²) >= 11 is 0. The number of nitrogens with one attached hydrogen (secondary N) is 2. The molecule has 3 bridgehead atoms. The Morgan fingerprint density at radius 3 is 2.58 bits per heavy atom. The van der Waals surface area contributed by atoms with Gasteiger partial charge in [0.05, 0.1) is 41.4 Å². The maximum atomic E-state index is 14.7. The molecule has 3 aliphatic carbocycles. The number of aromatic nitrogens is 2. The van der Waals surface area contributed by atoms with Crippen molar-refractivity contribution in [3.05, 3.63) is 36.0 Å². The van der Waals surface area contributed by atoms with Crippen LogP contribution in [-0.2, 0) is 35.6 Å². The van der Waals surface area contributed by atoms with Crippen molar-refractivity contribution in [2.45, 2.75) is 145 Å². The van der Waals surface area contributed by atoms with E-state index in [0.29, 0.717) is 66.9 Å². The molecule has 6 aliphatic rings. The van der Waals surface area contributed by atoms with E-state index in [1.807, 2.05) is 24.3 Å². The number of methoxy groups -OCH3 is 1. The van der Waals surface area contributed by atoms with Crippen LogP contribution in [0, 0.1) is 17.3 Å². The molecule has 308 valence electrons. The van der Waals surface area contributed by atoms with Gasteiger partial charge in [0.1, 0.15) is 29.7 Å². The summed E-state index contributed by atoms with van der Waals surface area (Å²) in [4.78, 5) is 68.2. The molecule has 3 aliphatic heterocycles. The van der Waals surface area contributed by atoms with E-state index in [0.717, 1.165) is 64.2 Å². The topological polar surface area (TPSA) is 183 Å². The van der Waals surface area contributed by atoms with E-state index in [2.05, 4.69) is 10.0 Å². The van der Waals surface area contributed by atoms with Crippen LogP contribution >= 0.6 is 0 Å². The van der Waals surface area contributed by atoms with E-state index in [-0.39, 0.29) is 43.1 Å². The van der Waals surface area contributed by atoms with Gasteiger partial charge in [-0.1, -0.05) is 37.8 Å². The molecular weight excluding hydrogens is 751 g/mol. The van der Waals surface area contributed by atoms with Crippen LogP contribution in [0.1, 0.15) is 115 Å². The van der Waals surface area contributed by atoms with Crippen LogP contribution in [0.5, 0.6) is 11.6 Å². The van der Waals surface area contributed by atoms with Gasteiger partial charge in [-0.15, -0.1) is 0 Å². The number of Topliss-reactive ketones (excluding diaryl/α,β-unsaturated/α-hetero) is 1. The Morgan fingerprint density at radius 2 is 1.75 bits per heavy atom. The highest BCUT2D eigenvalue weighted by Crippen LogP contribution is 2.57. The third kappa shape index (κ3) is 8.78. The van der Waals surface area contributed by atoms with Crippen molar-refractivity contribution >= 4 is 44.7 Å². The summed E-state index contributed by atoms with van der Waals surface area (Å²) in [5, 5.41) is 2.31. The molecule has 1 aromatic heterocycles. The number of hydrogen-bond acceptors (Lipinski definition) is 11. The highest BCUT2D eigenvalue weighted by Gasteiger charge is 2.61. The number of hydrogen-bond donors (Lipinski definition) is 2. The number of sulfonamides is 1. The largest absolute Gasteiger partial charge is 0.497 e. The standard InChI is InChI=1S/C42H55N5O9S/c1-54-28-17-20-31-34(21-28)44-38-32(43-31)14-9-5-6-11-26-12-10-16-37(26)56-41(51)45-33-15-8-4-2-3-7-13-27-23-42(27,40(50)46-57(52,53)30-18-19-30)24-36(48)35-22-29(55-38)25-47(35)39(33)49/h7,13,17,20-21,26-27,29-30,33,35,37H,2-6,8-12,14-16,18-19,22-25H2,1H3,(H,45,51)(H,46,50)/b13-7-/t26-,27-,29-,33+,35+,37-,42?/m1/s1. The SMILES string of the molecule is COc1ccc2nc3c(nc2c1)O[C@@H]1C[C@H]2C(=O)CC4(C(=O)NS(=O)(=O)C5CC5)C[C@H]4/C=C\CCCCC[C@H](NC(=O)O[C@@H]4CCC[C@H]4CCCCC3)C(=O)N2C1. The number of amides is 3. The molecule has 0 radical (unpaired) electrons. The number of aryl methyl sites for hydroxylation is 1. The summed E-state index contributed by atoms with van der Waals surface area (Å²) in [5.74, 6) is -0.526. The molecule has 7 atom stereocenters. The van der Waals surface area contributed by atoms with Crippen molar-refractivity contribution in [2.75, 3.05) is 13.7 Å². The van der Waals surface area contributed by atoms with Crippen molar-refractivity contribution in [1.29, 1.82) is 0 Å². The number of allylic oxidation sites excluding steroid dienone is 2. The van der Waals surface area contributed by atoms with Gasteiger partial charge in [-0.05, 0) is 101 Å². The molecule has 15 heteroatoms. The average Bonchev–Trinajstić information content (AvgIpc) is 4.08. The van der Waals surface area contributed by atoms with Crippen molar-refractivity contribution in [3.8, 4) is 11.6 Å². The van der Waals surface area contributed by atoms with Crippen LogP contribution in [0.3, 0.4) is 0 Å². The molecule has 3 saturated carbocycles. The average molecular weight is 806 g/mol. The fraction of sp³-hybridized carbons (Fsp3) is 0.667. The second-order valence-corrected chi connectivity index (χ2v) is 19.1. The Bertz CT molecular complexity index is 2020. The lowest BCUT2D eigenvalue weighted by Gasteiger charge is -2.30. The zero-order chi connectivity index (χ0) is 39.7. The number of carbonyl (C=O) groups is 4. The molecule has 4 heterocycles. The summed E-state index contributed by atoms with van der Waals surface area (Å²) in [6, 6.07) is 3.58. The molecule has 1 aromatic carbocycles. The zero-order valence-electron chi connectivity index (χ0n) is 32.8. The maximum Gasteiger partial charge on any atom is 0.408 e. The molecule has 14 nitrogen and oxygen atoms in total. The normalized spacial score (nSPS) is 32.2. The Labute approximate surface area is 334 Å². The van der Waals surface area contributed by atoms with Gasteiger partial charge in [0.2, 0.25) is 27.7 Å². The van der Waals surface area contributed by atoms with Crippen molar-refractivity contribution < 1.29 is 41.8 Å². The first-order valence-electron chi connectivity index (χ1n) is 21.1. The summed E-state index contributed by atoms with van der Waals surface area (Å²) in [7, 11) is -2.27. The summed E-state index contributed by atoms with van der Waals surface area (Å²) in [6.07, 6.45) is 14.1. The molecule has 2 aromatic rings. The van der Waals surface area contributed by atoms with Gasteiger partial charge in [-0.25, -0.2) is 23.2 Å². The minimum atomic E-state index is -3.85. The number of ketones is 1. The van der Waals surface area contributed by atoms with Crippen LogP contribution in [0.25, 0.3) is 11.0 Å². The molecule has 1 saturated heterocycles. The Hall–Kier alpha value is -4.27. The first-order chi connectivity index (χ1) is 27.5. The lowest BCUT2D eigenvalue weighted by molar-refractivity contribution is -0.140. The Morgan fingerprint density at radius 1 is 0.947 bits per heavy atom. The van der Waals surface area contributed by atoms with E-state index >= 15 is 0 Å². The first kappa shape index (κ1) is 39.6. The fourth-order valence-electron chi connectivity index (χ4n) is 9.46. The number of benzene rings is 1. The van der Waals surface area contributed by atoms with Gasteiger partial charge in [0.15, 0.2) is 5.78 Å². The van der Waals surface area contributed by atoms with Gasteiger partial charge >= 0.3 is 6.09 Å². The number of ether oxygens (including phenoxy) is 3. The van der Waals surface area contributed by atoms with Crippen molar-refractivity contribution in [3.63, 3.8) is 0 Å². The number of rotatable bonds is 4. The summed E-state index contributed by atoms with van der Waals surface area (Å²) in [6.45, 7) is 0.0447. The molecule has 2 N–H and O–H groups in total. The third-order valence-corrected chi connectivity index (χ3v) is 14.9. The van der Waals surface area contributed by atoms with Crippen LogP contribution in [0.15, 0.2) is 30.4 Å². The van der Waals surface area contributed by atoms with Gasteiger partial charge in [0.25, 0.3) is 0 Å². The Balaban J connectivity index is 1.14. The summed E-state index contributed by atoms with van der Waals surface area (Å²) in [5.41, 5.74) is 0.746. The van der Waals surface area contributed by atoms with Gasteiger partial charge in [-0.2, -0.15) is 0 Å².